The molecule has 3 heterocycles. The highest BCUT2D eigenvalue weighted by Gasteiger charge is 2.46. The second-order valence-electron chi connectivity index (χ2n) is 11.2. The van der Waals surface area contributed by atoms with Crippen LogP contribution in [-0.2, 0) is 9.53 Å². The number of fused-ring (bicyclic) bond motifs is 1. The van der Waals surface area contributed by atoms with E-state index in [9.17, 15) is 18.4 Å². The second kappa shape index (κ2) is 10.3. The fourth-order valence-corrected chi connectivity index (χ4v) is 5.73. The molecule has 3 fully saturated rings. The first-order valence-corrected chi connectivity index (χ1v) is 13.6. The molecule has 3 aromatic rings. The molecule has 2 amide bonds. The molecule has 6 rings (SSSR count). The highest BCUT2D eigenvalue weighted by molar-refractivity contribution is 5.93. The zero-order valence-electron chi connectivity index (χ0n) is 21.7. The van der Waals surface area contributed by atoms with Crippen LogP contribution in [-0.4, -0.2) is 50.7 Å². The zero-order chi connectivity index (χ0) is 27.1. The van der Waals surface area contributed by atoms with Crippen molar-refractivity contribution in [2.45, 2.75) is 82.4 Å². The third-order valence-electron chi connectivity index (χ3n) is 7.98. The van der Waals surface area contributed by atoms with Crippen LogP contribution >= 0.6 is 0 Å². The molecule has 3 atom stereocenters. The number of imidazole rings is 1. The molecular weight excluding hydrogens is 510 g/mol. The van der Waals surface area contributed by atoms with Gasteiger partial charge in [0.2, 0.25) is 11.8 Å². The molecule has 0 radical (unpaired) electrons. The Morgan fingerprint density at radius 1 is 1.13 bits per heavy atom. The Morgan fingerprint density at radius 3 is 2.62 bits per heavy atom. The number of halogens is 2. The van der Waals surface area contributed by atoms with Crippen LogP contribution in [0, 0.1) is 18.8 Å². The van der Waals surface area contributed by atoms with E-state index >= 15 is 0 Å². The summed E-state index contributed by atoms with van der Waals surface area (Å²) < 4.78 is 37.1. The van der Waals surface area contributed by atoms with E-state index in [2.05, 4.69) is 25.9 Å². The smallest absolute Gasteiger partial charge is 0.276 e. The Kier molecular flexibility index (Phi) is 6.82. The van der Waals surface area contributed by atoms with E-state index in [4.69, 9.17) is 14.3 Å². The van der Waals surface area contributed by atoms with Crippen molar-refractivity contribution in [3.8, 4) is 0 Å². The average Bonchev–Trinajstić information content (AvgIpc) is 3.50. The van der Waals surface area contributed by atoms with Crippen molar-refractivity contribution in [3.63, 3.8) is 0 Å². The van der Waals surface area contributed by atoms with Gasteiger partial charge in [0.1, 0.15) is 17.6 Å². The van der Waals surface area contributed by atoms with Crippen LogP contribution in [0.25, 0.3) is 11.0 Å². The van der Waals surface area contributed by atoms with Crippen LogP contribution in [0.1, 0.15) is 91.0 Å². The number of aromatic nitrogens is 4. The monoisotopic (exact) mass is 542 g/mol. The van der Waals surface area contributed by atoms with Crippen molar-refractivity contribution in [2.24, 2.45) is 11.8 Å². The third-order valence-corrected chi connectivity index (χ3v) is 7.98. The van der Waals surface area contributed by atoms with Crippen molar-refractivity contribution in [2.75, 3.05) is 6.61 Å². The van der Waals surface area contributed by atoms with Gasteiger partial charge in [-0.3, -0.25) is 9.59 Å². The molecule has 3 aliphatic rings. The number of nitrogens with one attached hydrogen (secondary N) is 3. The van der Waals surface area contributed by atoms with Crippen LogP contribution in [0.2, 0.25) is 0 Å². The molecule has 3 N–H and O–H groups in total. The number of ether oxygens (including phenoxy) is 1. The molecule has 12 heteroatoms. The van der Waals surface area contributed by atoms with Gasteiger partial charge in [-0.15, -0.1) is 0 Å². The highest BCUT2D eigenvalue weighted by Crippen LogP contribution is 2.45. The minimum absolute atomic E-state index is 0.114. The van der Waals surface area contributed by atoms with E-state index < -0.39 is 17.9 Å². The van der Waals surface area contributed by atoms with Crippen molar-refractivity contribution < 1.29 is 27.7 Å². The van der Waals surface area contributed by atoms with Gasteiger partial charge in [0.15, 0.2) is 5.69 Å². The van der Waals surface area contributed by atoms with E-state index in [1.807, 2.05) is 18.2 Å². The summed E-state index contributed by atoms with van der Waals surface area (Å²) in [7, 11) is 0. The molecule has 1 aliphatic heterocycles. The lowest BCUT2D eigenvalue weighted by Crippen LogP contribution is -2.40. The predicted molar refractivity (Wildman–Crippen MR) is 135 cm³/mol. The first-order valence-electron chi connectivity index (χ1n) is 13.6. The maximum atomic E-state index is 13.2. The van der Waals surface area contributed by atoms with Crippen LogP contribution in [0.3, 0.4) is 0 Å². The Balaban J connectivity index is 1.22. The van der Waals surface area contributed by atoms with E-state index in [0.717, 1.165) is 48.7 Å². The molecule has 208 valence electrons. The topological polar surface area (TPSA) is 135 Å². The standard InChI is InChI=1S/C27H32F2N6O4/c1-14-22(35-39-34-14)26(37)33-24(20-4-2-3-9-38-20)25-30-18-8-7-17(11-19(18)31-25)23(16-5-6-16)32-21(36)10-15-12-27(28,29)13-15/h7-8,11,15-16,20,23-24H,2-6,9-10,12-13H2,1H3,(H,30,31)(H,32,36)(H,33,37)/t20?,23-,24+/m1/s1. The van der Waals surface area contributed by atoms with Gasteiger partial charge >= 0.3 is 0 Å². The van der Waals surface area contributed by atoms with Crippen molar-refractivity contribution >= 4 is 22.8 Å². The van der Waals surface area contributed by atoms with E-state index in [0.29, 0.717) is 24.0 Å². The van der Waals surface area contributed by atoms with Gasteiger partial charge in [-0.05, 0) is 73.7 Å². The first kappa shape index (κ1) is 25.8. The molecule has 1 aromatic carbocycles. The normalized spacial score (nSPS) is 22.7. The molecule has 2 aliphatic carbocycles. The number of nitrogens with zero attached hydrogens (tertiary/aromatic N) is 3. The van der Waals surface area contributed by atoms with Crippen LogP contribution in [0.4, 0.5) is 8.78 Å². The summed E-state index contributed by atoms with van der Waals surface area (Å²) in [6.07, 6.45) is 4.14. The van der Waals surface area contributed by atoms with Crippen LogP contribution < -0.4 is 10.6 Å². The minimum atomic E-state index is -2.63. The van der Waals surface area contributed by atoms with Gasteiger partial charge in [-0.2, -0.15) is 0 Å². The Labute approximate surface area is 223 Å². The number of alkyl halides is 2. The highest BCUT2D eigenvalue weighted by atomic mass is 19.3. The first-order chi connectivity index (χ1) is 18.8. The largest absolute Gasteiger partial charge is 0.376 e. The van der Waals surface area contributed by atoms with Crippen molar-refractivity contribution in [1.82, 2.24) is 30.9 Å². The molecule has 1 unspecified atom stereocenters. The zero-order valence-corrected chi connectivity index (χ0v) is 21.7. The van der Waals surface area contributed by atoms with Gasteiger partial charge in [-0.25, -0.2) is 18.4 Å². The summed E-state index contributed by atoms with van der Waals surface area (Å²) in [5.74, 6) is -2.62. The Bertz CT molecular complexity index is 1360. The van der Waals surface area contributed by atoms with Crippen molar-refractivity contribution in [3.05, 3.63) is 41.0 Å². The maximum Gasteiger partial charge on any atom is 0.276 e. The third kappa shape index (κ3) is 5.66. The molecule has 1 saturated heterocycles. The summed E-state index contributed by atoms with van der Waals surface area (Å²) in [4.78, 5) is 33.8. The lowest BCUT2D eigenvalue weighted by Gasteiger charge is -2.34. The number of rotatable bonds is 9. The summed E-state index contributed by atoms with van der Waals surface area (Å²) in [5, 5.41) is 13.5. The second-order valence-corrected chi connectivity index (χ2v) is 11.2. The van der Waals surface area contributed by atoms with Gasteiger partial charge in [0, 0.05) is 25.9 Å². The molecular formula is C27H32F2N6O4. The van der Waals surface area contributed by atoms with E-state index in [1.54, 1.807) is 6.92 Å². The van der Waals surface area contributed by atoms with E-state index in [-0.39, 0.29) is 48.9 Å². The minimum Gasteiger partial charge on any atom is -0.376 e. The molecule has 0 bridgehead atoms. The maximum absolute atomic E-state index is 13.2. The molecule has 2 aromatic heterocycles. The summed E-state index contributed by atoms with van der Waals surface area (Å²) in [6, 6.07) is 5.09. The lowest BCUT2D eigenvalue weighted by molar-refractivity contribution is -0.134. The van der Waals surface area contributed by atoms with E-state index in [1.165, 1.54) is 0 Å². The van der Waals surface area contributed by atoms with Gasteiger partial charge in [0.25, 0.3) is 5.91 Å². The summed E-state index contributed by atoms with van der Waals surface area (Å²) in [6.45, 7) is 2.25. The molecule has 39 heavy (non-hydrogen) atoms. The Morgan fingerprint density at radius 2 is 1.95 bits per heavy atom. The number of amides is 2. The summed E-state index contributed by atoms with van der Waals surface area (Å²) in [5.41, 5.74) is 2.94. The van der Waals surface area contributed by atoms with Gasteiger partial charge in [-0.1, -0.05) is 11.2 Å². The average molecular weight is 543 g/mol. The number of hydrogen-bond acceptors (Lipinski definition) is 7. The van der Waals surface area contributed by atoms with Crippen LogP contribution in [0.15, 0.2) is 22.8 Å². The van der Waals surface area contributed by atoms with Crippen molar-refractivity contribution in [1.29, 1.82) is 0 Å². The SMILES string of the molecule is Cc1nonc1C(=O)N[C@H](c1nc2ccc([C@H](NC(=O)CC3CC(F)(F)C3)C3CC3)cc2[nH]1)C1CCCCO1. The number of carbonyl (C=O) groups excluding carboxylic acids is 2. The number of H-pyrrole nitrogens is 1. The quantitative estimate of drug-likeness (QED) is 0.367. The number of aromatic amines is 1. The molecule has 10 nitrogen and oxygen atoms in total. The number of benzene rings is 1. The fraction of sp³-hybridized carbons (Fsp3) is 0.593. The molecule has 2 saturated carbocycles. The van der Waals surface area contributed by atoms with Crippen LogP contribution in [0.5, 0.6) is 0 Å². The number of carbonyl (C=O) groups is 2. The lowest BCUT2D eigenvalue weighted by atomic mass is 9.79. The number of aryl methyl sites for hydroxylation is 1. The Hall–Kier alpha value is -3.41. The van der Waals surface area contributed by atoms with Gasteiger partial charge in [0.05, 0.1) is 23.2 Å². The van der Waals surface area contributed by atoms with Gasteiger partial charge < -0.3 is 20.4 Å². The fourth-order valence-electron chi connectivity index (χ4n) is 5.73. The molecule has 0 spiro atoms. The summed E-state index contributed by atoms with van der Waals surface area (Å²) >= 11 is 0. The number of hydrogen-bond donors (Lipinski definition) is 3. The predicted octanol–water partition coefficient (Wildman–Crippen LogP) is 4.30.